The molecule has 14 aromatic carbocycles. The van der Waals surface area contributed by atoms with Crippen LogP contribution in [-0.4, -0.2) is 44.9 Å². The van der Waals surface area contributed by atoms with Crippen molar-refractivity contribution in [3.8, 4) is 146 Å². The van der Waals surface area contributed by atoms with Gasteiger partial charge in [-0.2, -0.15) is 0 Å². The predicted octanol–water partition coefficient (Wildman–Crippen LogP) is 32.6. The molecule has 0 unspecified atom stereocenters. The summed E-state index contributed by atoms with van der Waals surface area (Å²) in [6.07, 6.45) is 13.7. The number of rotatable bonds is 15. The molecule has 9 nitrogen and oxygen atoms in total. The Hall–Kier alpha value is -15.1. The number of hydrogen-bond acceptors (Lipinski definition) is 9. The zero-order valence-corrected chi connectivity index (χ0v) is 93.2. The Morgan fingerprint density at radius 1 is 0.190 bits per heavy atom. The summed E-state index contributed by atoms with van der Waals surface area (Å²) in [6, 6.07) is 190. The topological polar surface area (TPSA) is 116 Å². The van der Waals surface area contributed by atoms with E-state index >= 15 is 0 Å². The van der Waals surface area contributed by atoms with E-state index in [4.69, 9.17) is 0 Å². The van der Waals surface area contributed by atoms with Crippen molar-refractivity contribution in [2.24, 2.45) is 5.92 Å². The summed E-state index contributed by atoms with van der Waals surface area (Å²) < 4.78 is 0. The maximum absolute atomic E-state index is 4.61. The van der Waals surface area contributed by atoms with E-state index < -0.39 is 0 Å². The maximum Gasteiger partial charge on any atom is 0.0595 e. The second-order valence-corrected chi connectivity index (χ2v) is 32.8. The van der Waals surface area contributed by atoms with Crippen LogP contribution in [0.1, 0.15) is 30.7 Å². The summed E-state index contributed by atoms with van der Waals surface area (Å²) in [5, 5.41) is 1.17. The van der Waals surface area contributed by atoms with Gasteiger partial charge in [0.25, 0.3) is 0 Å². The van der Waals surface area contributed by atoms with Crippen LogP contribution < -0.4 is 0 Å². The molecule has 0 amide bonds. The quantitative estimate of drug-likeness (QED) is 0.0925. The van der Waals surface area contributed by atoms with Gasteiger partial charge in [-0.05, 0) is 165 Å². The van der Waals surface area contributed by atoms with E-state index in [0.29, 0.717) is 5.92 Å². The number of benzene rings is 14. The van der Waals surface area contributed by atoms with Gasteiger partial charge < -0.3 is 39.9 Å². The zero-order valence-electron chi connectivity index (χ0n) is 81.2. The largest absolute Gasteiger partial charge is 0.305 e. The van der Waals surface area contributed by atoms with Crippen molar-refractivity contribution in [3.05, 3.63) is 600 Å². The van der Waals surface area contributed by atoms with Crippen LogP contribution in [0.4, 0.5) is 0 Å². The van der Waals surface area contributed by atoms with Gasteiger partial charge in [-0.15, -0.1) is 321 Å². The Morgan fingerprint density at radius 2 is 0.449 bits per heavy atom. The van der Waals surface area contributed by atoms with Crippen molar-refractivity contribution in [1.29, 1.82) is 0 Å². The number of para-hydroxylation sites is 1. The molecule has 14 heteroatoms. The van der Waals surface area contributed by atoms with Crippen LogP contribution in [-0.2, 0) is 107 Å². The molecule has 147 heavy (non-hydrogen) atoms. The van der Waals surface area contributed by atoms with E-state index in [0.717, 1.165) is 119 Å². The van der Waals surface area contributed by atoms with Gasteiger partial charge in [0.2, 0.25) is 0 Å². The molecule has 0 spiro atoms. The molecule has 0 N–H and O–H groups in total. The summed E-state index contributed by atoms with van der Waals surface area (Å²) in [4.78, 5) is 39.2. The Morgan fingerprint density at radius 3 is 0.741 bits per heavy atom. The molecule has 0 saturated heterocycles. The summed E-state index contributed by atoms with van der Waals surface area (Å²) in [6.45, 7) is 8.59. The third kappa shape index (κ3) is 36.9. The van der Waals surface area contributed by atoms with Gasteiger partial charge >= 0.3 is 0 Å². The van der Waals surface area contributed by atoms with Crippen LogP contribution in [0.2, 0.25) is 0 Å². The van der Waals surface area contributed by atoms with E-state index in [1.54, 1.807) is 31.0 Å². The van der Waals surface area contributed by atoms with Gasteiger partial charge in [-0.1, -0.05) is 256 Å². The van der Waals surface area contributed by atoms with E-state index in [-0.39, 0.29) is 101 Å². The van der Waals surface area contributed by atoms with Crippen LogP contribution in [0.25, 0.3) is 157 Å². The molecule has 0 aliphatic heterocycles. The van der Waals surface area contributed by atoms with Crippen LogP contribution in [0.5, 0.6) is 0 Å². The first-order valence-electron chi connectivity index (χ1n) is 47.0. The van der Waals surface area contributed by atoms with E-state index in [1.165, 1.54) is 61.0 Å². The second kappa shape index (κ2) is 63.3. The number of hydrogen-bond donors (Lipinski definition) is 0. The molecule has 0 saturated carbocycles. The number of aryl methyl sites for hydroxylation is 2. The molecule has 0 bridgehead atoms. The van der Waals surface area contributed by atoms with Gasteiger partial charge in [0.15, 0.2) is 0 Å². The van der Waals surface area contributed by atoms with E-state index in [9.17, 15) is 0 Å². The molecule has 9 aromatic heterocycles. The molecule has 0 fully saturated rings. The molecule has 733 valence electrons. The molecule has 23 rings (SSSR count). The number of aromatic nitrogens is 9. The van der Waals surface area contributed by atoms with E-state index in [1.807, 2.05) is 371 Å². The maximum atomic E-state index is 4.61. The fourth-order valence-corrected chi connectivity index (χ4v) is 14.8. The van der Waals surface area contributed by atoms with Crippen molar-refractivity contribution in [1.82, 2.24) is 44.9 Å². The van der Waals surface area contributed by atoms with Crippen LogP contribution in [0.3, 0.4) is 0 Å². The Balaban J connectivity index is 0.000000170. The minimum Gasteiger partial charge on any atom is -0.305 e. The molecule has 5 radical (unpaired) electrons. The van der Waals surface area contributed by atoms with Crippen molar-refractivity contribution in [2.75, 3.05) is 0 Å². The number of pyridine rings is 9. The molecule has 0 aliphatic carbocycles. The van der Waals surface area contributed by atoms with Gasteiger partial charge in [0.05, 0.1) is 5.52 Å². The zero-order chi connectivity index (χ0) is 97.4. The summed E-state index contributed by atoms with van der Waals surface area (Å²) in [7, 11) is 0. The van der Waals surface area contributed by atoms with Gasteiger partial charge in [-0.3, -0.25) is 4.98 Å². The minimum atomic E-state index is 0. The fraction of sp³-hybridized carbons (Fsp3) is 0.0451. The van der Waals surface area contributed by atoms with Crippen molar-refractivity contribution >= 4 is 10.9 Å². The predicted molar refractivity (Wildman–Crippen MR) is 584 cm³/mol. The first-order valence-corrected chi connectivity index (χ1v) is 47.0. The average Bonchev–Trinajstić information content (AvgIpc) is 0.816. The summed E-state index contributed by atoms with van der Waals surface area (Å²) in [5.41, 5.74) is 32.4. The van der Waals surface area contributed by atoms with Crippen LogP contribution >= 0.6 is 0 Å². The van der Waals surface area contributed by atoms with Gasteiger partial charge in [-0.25, -0.2) is 0 Å². The average molecular weight is 2790 g/mol. The molecule has 23 aromatic rings. The Labute approximate surface area is 933 Å². The smallest absolute Gasteiger partial charge is 0.0595 e. The second-order valence-electron chi connectivity index (χ2n) is 32.8. The monoisotopic (exact) mass is 2790 g/mol. The van der Waals surface area contributed by atoms with Crippen molar-refractivity contribution in [3.63, 3.8) is 0 Å². The van der Waals surface area contributed by atoms with Crippen molar-refractivity contribution in [2.45, 2.75) is 34.1 Å². The molecular weight excluding hydrogens is 2680 g/mol. The van der Waals surface area contributed by atoms with Crippen LogP contribution in [0.15, 0.2) is 529 Å². The summed E-state index contributed by atoms with van der Waals surface area (Å²) >= 11 is 0. The van der Waals surface area contributed by atoms with Gasteiger partial charge in [0, 0.05) is 150 Å². The Bertz CT molecular complexity index is 7060. The number of fused-ring (bicyclic) bond motifs is 1. The number of nitrogens with zero attached hydrogens (tertiary/aromatic N) is 9. The van der Waals surface area contributed by atoms with Crippen LogP contribution in [0, 0.1) is 74.4 Å². The van der Waals surface area contributed by atoms with Crippen molar-refractivity contribution < 1.29 is 101 Å². The molecule has 9 heterocycles. The third-order valence-corrected chi connectivity index (χ3v) is 21.9. The first-order chi connectivity index (χ1) is 70.1. The standard InChI is InChI=1S/C21H20N.C18H14N.2C17H12N.C15H10N.C12H10N.3C11H8N.5Ir/c1-16(2)14-17-9-11-18(12-10-17)19-6-5-7-20(15-19)21-8-3-4-13-22-21;1-14-8-10-15(11-9-14)16-5-4-6-17(13-16)18-7-2-3-12-19-18;2*1-2-7-14(8-3-1)15-9-6-10-16(13-15)17-11-4-5-12-18-17;1-2-6-12(7-3-1)15-11-10-13-8-4-5-9-14(13)16-15;1-10-6-5-9-12(13-10)11-7-3-2-4-8-11;3*1-2-6-10(7-3-1)11-8-4-5-9-12-11;;;;;/h3-6,8-13,15-16H,14H2,1-2H3;2-5,7-13H,1H3;2*1-9,11-13H;1-6,8-11H;2-7,9H,1H3;3*1-6,8-9H;;;;;/q9*-1;;;;;. The Kier molecular flexibility index (Phi) is 49.0. The normalized spacial score (nSPS) is 9.86. The first kappa shape index (κ1) is 114. The fourth-order valence-electron chi connectivity index (χ4n) is 14.8. The summed E-state index contributed by atoms with van der Waals surface area (Å²) in [5.74, 6) is 0.688. The molecule has 0 atom stereocenters. The molecule has 0 aliphatic rings. The third-order valence-electron chi connectivity index (χ3n) is 21.9. The molecular formula is C133H102Ir5N9-9. The van der Waals surface area contributed by atoms with E-state index in [2.05, 4.69) is 254 Å². The minimum absolute atomic E-state index is 0. The SMILES string of the molecule is CC(C)Cc1ccc(-c2cc[c-]c(-c3ccccn3)c2)cc1.Cc1ccc(-c2cc[c-]c(-c3ccccn3)c2)cc1.Cc1cccc(-c2[c-]cccc2)n1.[Ir].[Ir].[Ir].[Ir].[Ir].[c-]1ccc(-c2ccccc2)cc1-c1ccccn1.[c-]1ccc(-c2ccccc2)cc1-c1ccccn1.[c-]1ccccc1-c1ccc2ccccc2n1.[c-]1ccccc1-c1ccccn1.[c-]1ccccc1-c1ccccn1.[c-]1ccccc1-c1ccccn1. The van der Waals surface area contributed by atoms with Gasteiger partial charge in [0.1, 0.15) is 0 Å².